The third-order valence-electron chi connectivity index (χ3n) is 2.55. The number of aryl methyl sites for hydroxylation is 1. The van der Waals surface area contributed by atoms with Crippen LogP contribution in [0.1, 0.15) is 22.7 Å². The van der Waals surface area contributed by atoms with Crippen LogP contribution in [-0.2, 0) is 0 Å². The predicted molar refractivity (Wildman–Crippen MR) is 66.4 cm³/mol. The summed E-state index contributed by atoms with van der Waals surface area (Å²) in [5.74, 6) is -0.397. The summed E-state index contributed by atoms with van der Waals surface area (Å²) in [6, 6.07) is 5.86. The molecule has 1 heterocycles. The molecule has 0 saturated carbocycles. The molecule has 1 aromatic carbocycles. The van der Waals surface area contributed by atoms with Crippen LogP contribution in [-0.4, -0.2) is 4.98 Å². The summed E-state index contributed by atoms with van der Waals surface area (Å²) in [5, 5.41) is 0.362. The van der Waals surface area contributed by atoms with Gasteiger partial charge in [-0.15, -0.1) is 0 Å². The topological polar surface area (TPSA) is 38.9 Å². The molecule has 2 nitrogen and oxygen atoms in total. The Hall–Kier alpha value is -1.45. The highest BCUT2D eigenvalue weighted by atomic mass is 35.5. The van der Waals surface area contributed by atoms with Gasteiger partial charge in [0.25, 0.3) is 0 Å². The summed E-state index contributed by atoms with van der Waals surface area (Å²) in [6.45, 7) is 1.92. The molecule has 0 aliphatic rings. The van der Waals surface area contributed by atoms with Crippen LogP contribution in [0.3, 0.4) is 0 Å². The number of hydrogen-bond donors (Lipinski definition) is 1. The quantitative estimate of drug-likeness (QED) is 0.889. The van der Waals surface area contributed by atoms with Crippen LogP contribution >= 0.6 is 11.6 Å². The molecule has 17 heavy (non-hydrogen) atoms. The van der Waals surface area contributed by atoms with Gasteiger partial charge in [0.05, 0.1) is 6.04 Å². The number of nitrogens with zero attached hydrogens (tertiary/aromatic N) is 1. The first kappa shape index (κ1) is 12.0. The molecule has 88 valence electrons. The molecular weight excluding hydrogens is 239 g/mol. The molecule has 1 unspecified atom stereocenters. The first-order valence-corrected chi connectivity index (χ1v) is 5.58. The van der Waals surface area contributed by atoms with Gasteiger partial charge in [-0.25, -0.2) is 4.39 Å². The Morgan fingerprint density at radius 2 is 2.06 bits per heavy atom. The average Bonchev–Trinajstić information content (AvgIpc) is 2.28. The Kier molecular flexibility index (Phi) is 3.41. The van der Waals surface area contributed by atoms with Crippen molar-refractivity contribution >= 4 is 11.6 Å². The molecule has 0 spiro atoms. The number of nitrogens with two attached hydrogens (primary N) is 1. The second-order valence-corrected chi connectivity index (χ2v) is 4.38. The lowest BCUT2D eigenvalue weighted by molar-refractivity contribution is 0.599. The van der Waals surface area contributed by atoms with Crippen LogP contribution in [0.15, 0.2) is 36.7 Å². The van der Waals surface area contributed by atoms with E-state index in [-0.39, 0.29) is 0 Å². The summed E-state index contributed by atoms with van der Waals surface area (Å²) in [5.41, 5.74) is 8.21. The maximum atomic E-state index is 13.7. The lowest BCUT2D eigenvalue weighted by Crippen LogP contribution is -2.14. The SMILES string of the molecule is Cc1cncc(C(N)c2ccc(Cl)cc2F)c1. The van der Waals surface area contributed by atoms with Crippen molar-refractivity contribution in [3.05, 3.63) is 64.2 Å². The molecule has 0 saturated heterocycles. The van der Waals surface area contributed by atoms with E-state index in [1.807, 2.05) is 13.0 Å². The molecule has 0 bridgehead atoms. The third-order valence-corrected chi connectivity index (χ3v) is 2.79. The molecule has 0 radical (unpaired) electrons. The molecule has 1 aromatic heterocycles. The fraction of sp³-hybridized carbons (Fsp3) is 0.154. The van der Waals surface area contributed by atoms with Gasteiger partial charge in [0.1, 0.15) is 5.82 Å². The first-order valence-electron chi connectivity index (χ1n) is 5.20. The van der Waals surface area contributed by atoms with E-state index in [1.165, 1.54) is 6.07 Å². The number of rotatable bonds is 2. The Morgan fingerprint density at radius 3 is 2.71 bits per heavy atom. The third kappa shape index (κ3) is 2.62. The van der Waals surface area contributed by atoms with E-state index in [1.54, 1.807) is 24.5 Å². The molecule has 2 N–H and O–H groups in total. The molecule has 2 aromatic rings. The fourth-order valence-corrected chi connectivity index (χ4v) is 1.84. The molecule has 0 amide bonds. The van der Waals surface area contributed by atoms with Gasteiger partial charge in [0.15, 0.2) is 0 Å². The molecule has 2 rings (SSSR count). The molecule has 0 fully saturated rings. The standard InChI is InChI=1S/C13H12ClFN2/c1-8-4-9(7-17-6-8)13(16)11-3-2-10(14)5-12(11)15/h2-7,13H,16H2,1H3. The van der Waals surface area contributed by atoms with Gasteiger partial charge in [0.2, 0.25) is 0 Å². The summed E-state index contributed by atoms with van der Waals surface area (Å²) in [4.78, 5) is 4.05. The zero-order chi connectivity index (χ0) is 12.4. The van der Waals surface area contributed by atoms with Crippen LogP contribution < -0.4 is 5.73 Å². The lowest BCUT2D eigenvalue weighted by Gasteiger charge is -2.13. The molecule has 1 atom stereocenters. The van der Waals surface area contributed by atoms with Gasteiger partial charge < -0.3 is 5.73 Å². The summed E-state index contributed by atoms with van der Waals surface area (Å²) >= 11 is 5.70. The van der Waals surface area contributed by atoms with Crippen LogP contribution in [0.2, 0.25) is 5.02 Å². The summed E-state index contributed by atoms with van der Waals surface area (Å²) < 4.78 is 13.7. The smallest absolute Gasteiger partial charge is 0.129 e. The van der Waals surface area contributed by atoms with E-state index in [9.17, 15) is 4.39 Å². The number of hydrogen-bond acceptors (Lipinski definition) is 2. The molecular formula is C13H12ClFN2. The van der Waals surface area contributed by atoms with Gasteiger partial charge in [0, 0.05) is 23.0 Å². The van der Waals surface area contributed by atoms with Crippen molar-refractivity contribution in [2.24, 2.45) is 5.73 Å². The van der Waals surface area contributed by atoms with E-state index in [2.05, 4.69) is 4.98 Å². The van der Waals surface area contributed by atoms with Crippen molar-refractivity contribution in [3.63, 3.8) is 0 Å². The number of pyridine rings is 1. The van der Waals surface area contributed by atoms with Crippen LogP contribution in [0, 0.1) is 12.7 Å². The number of aromatic nitrogens is 1. The predicted octanol–water partition coefficient (Wildman–Crippen LogP) is 3.23. The molecule has 4 heteroatoms. The second kappa shape index (κ2) is 4.82. The molecule has 0 aliphatic carbocycles. The van der Waals surface area contributed by atoms with E-state index in [0.29, 0.717) is 10.6 Å². The largest absolute Gasteiger partial charge is 0.320 e. The minimum Gasteiger partial charge on any atom is -0.320 e. The van der Waals surface area contributed by atoms with Crippen LogP contribution in [0.4, 0.5) is 4.39 Å². The maximum absolute atomic E-state index is 13.7. The van der Waals surface area contributed by atoms with Crippen molar-refractivity contribution in [1.29, 1.82) is 0 Å². The average molecular weight is 251 g/mol. The van der Waals surface area contributed by atoms with E-state index in [4.69, 9.17) is 17.3 Å². The second-order valence-electron chi connectivity index (χ2n) is 3.94. The minimum atomic E-state index is -0.528. The fourth-order valence-electron chi connectivity index (χ4n) is 1.68. The van der Waals surface area contributed by atoms with Gasteiger partial charge in [-0.05, 0) is 30.2 Å². The van der Waals surface area contributed by atoms with Crippen molar-refractivity contribution < 1.29 is 4.39 Å². The zero-order valence-electron chi connectivity index (χ0n) is 9.32. The maximum Gasteiger partial charge on any atom is 0.129 e. The number of benzene rings is 1. The zero-order valence-corrected chi connectivity index (χ0v) is 10.1. The summed E-state index contributed by atoms with van der Waals surface area (Å²) in [6.07, 6.45) is 3.38. The summed E-state index contributed by atoms with van der Waals surface area (Å²) in [7, 11) is 0. The van der Waals surface area contributed by atoms with Crippen molar-refractivity contribution in [2.75, 3.05) is 0 Å². The Bertz CT molecular complexity index is 543. The Balaban J connectivity index is 2.40. The highest BCUT2D eigenvalue weighted by Gasteiger charge is 2.14. The monoisotopic (exact) mass is 250 g/mol. The highest BCUT2D eigenvalue weighted by Crippen LogP contribution is 2.24. The van der Waals surface area contributed by atoms with E-state index >= 15 is 0 Å². The molecule has 0 aliphatic heterocycles. The van der Waals surface area contributed by atoms with Crippen molar-refractivity contribution in [2.45, 2.75) is 13.0 Å². The van der Waals surface area contributed by atoms with E-state index < -0.39 is 11.9 Å². The van der Waals surface area contributed by atoms with Gasteiger partial charge in [-0.1, -0.05) is 23.7 Å². The van der Waals surface area contributed by atoms with Gasteiger partial charge in [-0.2, -0.15) is 0 Å². The normalized spacial score (nSPS) is 12.5. The Morgan fingerprint density at radius 1 is 1.29 bits per heavy atom. The highest BCUT2D eigenvalue weighted by molar-refractivity contribution is 6.30. The van der Waals surface area contributed by atoms with Crippen LogP contribution in [0.5, 0.6) is 0 Å². The van der Waals surface area contributed by atoms with Crippen molar-refractivity contribution in [3.8, 4) is 0 Å². The number of halogens is 2. The van der Waals surface area contributed by atoms with E-state index in [0.717, 1.165) is 11.1 Å². The lowest BCUT2D eigenvalue weighted by atomic mass is 10.00. The first-order chi connectivity index (χ1) is 8.08. The van der Waals surface area contributed by atoms with Crippen molar-refractivity contribution in [1.82, 2.24) is 4.98 Å². The van der Waals surface area contributed by atoms with Crippen LogP contribution in [0.25, 0.3) is 0 Å². The minimum absolute atomic E-state index is 0.362. The van der Waals surface area contributed by atoms with Gasteiger partial charge >= 0.3 is 0 Å². The van der Waals surface area contributed by atoms with Gasteiger partial charge in [-0.3, -0.25) is 4.98 Å². The Labute approximate surface area is 104 Å².